The first-order chi connectivity index (χ1) is 8.73. The Morgan fingerprint density at radius 2 is 1.79 bits per heavy atom. The van der Waals surface area contributed by atoms with Crippen LogP contribution in [0.2, 0.25) is 0 Å². The SMILES string of the molecule is CC(C)SC1CC(=O)C(C(C)CC(=O)C(C)C)C1=O. The van der Waals surface area contributed by atoms with E-state index in [1.807, 2.05) is 34.6 Å². The summed E-state index contributed by atoms with van der Waals surface area (Å²) in [6, 6.07) is 0. The van der Waals surface area contributed by atoms with Crippen molar-refractivity contribution >= 4 is 29.1 Å². The van der Waals surface area contributed by atoms with Gasteiger partial charge in [-0.3, -0.25) is 14.4 Å². The van der Waals surface area contributed by atoms with Gasteiger partial charge < -0.3 is 0 Å². The predicted octanol–water partition coefficient (Wildman–Crippen LogP) is 2.91. The fraction of sp³-hybridized carbons (Fsp3) is 0.800. The van der Waals surface area contributed by atoms with Crippen LogP contribution in [0.5, 0.6) is 0 Å². The van der Waals surface area contributed by atoms with Crippen molar-refractivity contribution in [3.8, 4) is 0 Å². The second-order valence-electron chi connectivity index (χ2n) is 6.03. The molecular weight excluding hydrogens is 260 g/mol. The highest BCUT2D eigenvalue weighted by atomic mass is 32.2. The van der Waals surface area contributed by atoms with Gasteiger partial charge >= 0.3 is 0 Å². The van der Waals surface area contributed by atoms with Gasteiger partial charge in [-0.2, -0.15) is 0 Å². The third-order valence-electron chi connectivity index (χ3n) is 3.53. The zero-order chi connectivity index (χ0) is 14.7. The summed E-state index contributed by atoms with van der Waals surface area (Å²) in [6.45, 7) is 9.61. The van der Waals surface area contributed by atoms with Crippen molar-refractivity contribution in [1.29, 1.82) is 0 Å². The lowest BCUT2D eigenvalue weighted by Crippen LogP contribution is -2.28. The van der Waals surface area contributed by atoms with Crippen LogP contribution in [0.3, 0.4) is 0 Å². The van der Waals surface area contributed by atoms with E-state index in [0.717, 1.165) is 0 Å². The first-order valence-electron chi connectivity index (χ1n) is 6.98. The number of hydrogen-bond donors (Lipinski definition) is 0. The van der Waals surface area contributed by atoms with Crippen molar-refractivity contribution in [2.75, 3.05) is 0 Å². The minimum Gasteiger partial charge on any atom is -0.299 e. The molecule has 108 valence electrons. The Bertz CT molecular complexity index is 374. The van der Waals surface area contributed by atoms with Crippen LogP contribution < -0.4 is 0 Å². The molecule has 19 heavy (non-hydrogen) atoms. The highest BCUT2D eigenvalue weighted by Crippen LogP contribution is 2.35. The molecule has 0 bridgehead atoms. The van der Waals surface area contributed by atoms with Crippen LogP contribution in [-0.2, 0) is 14.4 Å². The van der Waals surface area contributed by atoms with Gasteiger partial charge in [-0.05, 0) is 11.2 Å². The molecule has 1 rings (SSSR count). The van der Waals surface area contributed by atoms with Crippen molar-refractivity contribution < 1.29 is 14.4 Å². The summed E-state index contributed by atoms with van der Waals surface area (Å²) >= 11 is 1.56. The highest BCUT2D eigenvalue weighted by molar-refractivity contribution is 8.01. The van der Waals surface area contributed by atoms with Gasteiger partial charge in [-0.25, -0.2) is 0 Å². The molecule has 0 aromatic heterocycles. The van der Waals surface area contributed by atoms with E-state index in [9.17, 15) is 14.4 Å². The minimum absolute atomic E-state index is 0.0206. The fourth-order valence-electron chi connectivity index (χ4n) is 2.48. The number of ketones is 3. The standard InChI is InChI=1S/C15H24O3S/c1-8(2)11(16)6-10(5)14-12(17)7-13(15(14)18)19-9(3)4/h8-10,13-14H,6-7H2,1-5H3. The normalized spacial score (nSPS) is 25.4. The molecule has 0 aromatic rings. The number of Topliss-reactive ketones (excluding diaryl/α,β-unsaturated/α-hetero) is 3. The Morgan fingerprint density at radius 1 is 1.21 bits per heavy atom. The monoisotopic (exact) mass is 284 g/mol. The molecule has 0 amide bonds. The van der Waals surface area contributed by atoms with Crippen LogP contribution in [0.15, 0.2) is 0 Å². The smallest absolute Gasteiger partial charge is 0.156 e. The van der Waals surface area contributed by atoms with Crippen LogP contribution in [-0.4, -0.2) is 27.8 Å². The molecule has 0 saturated heterocycles. The summed E-state index contributed by atoms with van der Waals surface area (Å²) in [5, 5.41) is 0.141. The third-order valence-corrected chi connectivity index (χ3v) is 4.80. The molecule has 3 nitrogen and oxygen atoms in total. The van der Waals surface area contributed by atoms with E-state index in [4.69, 9.17) is 0 Å². The van der Waals surface area contributed by atoms with Gasteiger partial charge in [0.15, 0.2) is 5.78 Å². The molecule has 0 heterocycles. The maximum absolute atomic E-state index is 12.3. The second kappa shape index (κ2) is 6.69. The quantitative estimate of drug-likeness (QED) is 0.704. The minimum atomic E-state index is -0.557. The van der Waals surface area contributed by atoms with Crippen molar-refractivity contribution in [3.05, 3.63) is 0 Å². The fourth-order valence-corrected chi connectivity index (χ4v) is 3.68. The van der Waals surface area contributed by atoms with Crippen LogP contribution in [0.1, 0.15) is 47.5 Å². The molecule has 0 N–H and O–H groups in total. The van der Waals surface area contributed by atoms with Crippen molar-refractivity contribution in [1.82, 2.24) is 0 Å². The lowest BCUT2D eigenvalue weighted by atomic mass is 9.85. The molecule has 0 aromatic carbocycles. The topological polar surface area (TPSA) is 51.2 Å². The number of carbonyl (C=O) groups excluding carboxylic acids is 3. The van der Waals surface area contributed by atoms with Crippen LogP contribution in [0.4, 0.5) is 0 Å². The van der Waals surface area contributed by atoms with E-state index in [1.165, 1.54) is 0 Å². The van der Waals surface area contributed by atoms with Gasteiger partial charge in [-0.15, -0.1) is 11.8 Å². The molecule has 3 unspecified atom stereocenters. The van der Waals surface area contributed by atoms with Gasteiger partial charge in [-0.1, -0.05) is 34.6 Å². The first kappa shape index (κ1) is 16.4. The lowest BCUT2D eigenvalue weighted by Gasteiger charge is -2.18. The van der Waals surface area contributed by atoms with Crippen molar-refractivity contribution in [2.24, 2.45) is 17.8 Å². The first-order valence-corrected chi connectivity index (χ1v) is 7.92. The molecule has 4 heteroatoms. The van der Waals surface area contributed by atoms with Gasteiger partial charge in [0, 0.05) is 18.8 Å². The molecule has 0 spiro atoms. The van der Waals surface area contributed by atoms with Gasteiger partial charge in [0.05, 0.1) is 11.2 Å². The summed E-state index contributed by atoms with van der Waals surface area (Å²) in [4.78, 5) is 36.1. The molecule has 1 fully saturated rings. The predicted molar refractivity (Wildman–Crippen MR) is 78.3 cm³/mol. The molecule has 3 atom stereocenters. The van der Waals surface area contributed by atoms with Crippen LogP contribution in [0.25, 0.3) is 0 Å². The number of thioether (sulfide) groups is 1. The number of rotatable bonds is 6. The highest BCUT2D eigenvalue weighted by Gasteiger charge is 2.44. The summed E-state index contributed by atoms with van der Waals surface area (Å²) in [6.07, 6.45) is 0.672. The second-order valence-corrected chi connectivity index (χ2v) is 7.81. The van der Waals surface area contributed by atoms with Crippen molar-refractivity contribution in [2.45, 2.75) is 58.0 Å². The van der Waals surface area contributed by atoms with Gasteiger partial charge in [0.25, 0.3) is 0 Å². The Labute approximate surface area is 119 Å². The van der Waals surface area contributed by atoms with Crippen LogP contribution >= 0.6 is 11.8 Å². The Morgan fingerprint density at radius 3 is 2.26 bits per heavy atom. The van der Waals surface area contributed by atoms with E-state index < -0.39 is 5.92 Å². The zero-order valence-corrected chi connectivity index (χ0v) is 13.3. The average molecular weight is 284 g/mol. The van der Waals surface area contributed by atoms with Gasteiger partial charge in [0.1, 0.15) is 11.6 Å². The number of carbonyl (C=O) groups is 3. The molecule has 1 saturated carbocycles. The zero-order valence-electron chi connectivity index (χ0n) is 12.4. The molecule has 0 aliphatic heterocycles. The van der Waals surface area contributed by atoms with E-state index in [1.54, 1.807) is 11.8 Å². The Kier molecular flexibility index (Phi) is 5.78. The summed E-state index contributed by atoms with van der Waals surface area (Å²) in [5.74, 6) is -0.561. The largest absolute Gasteiger partial charge is 0.299 e. The Balaban J connectivity index is 2.70. The molecular formula is C15H24O3S. The maximum atomic E-state index is 12.3. The molecule has 1 aliphatic carbocycles. The van der Waals surface area contributed by atoms with E-state index in [0.29, 0.717) is 18.1 Å². The Hall–Kier alpha value is -0.640. The maximum Gasteiger partial charge on any atom is 0.156 e. The van der Waals surface area contributed by atoms with Crippen LogP contribution in [0, 0.1) is 17.8 Å². The van der Waals surface area contributed by atoms with Crippen molar-refractivity contribution in [3.63, 3.8) is 0 Å². The van der Waals surface area contributed by atoms with Gasteiger partial charge in [0.2, 0.25) is 0 Å². The van der Waals surface area contributed by atoms with E-state index in [-0.39, 0.29) is 34.4 Å². The van der Waals surface area contributed by atoms with E-state index >= 15 is 0 Å². The number of hydrogen-bond acceptors (Lipinski definition) is 4. The lowest BCUT2D eigenvalue weighted by molar-refractivity contribution is -0.130. The summed E-state index contributed by atoms with van der Waals surface area (Å²) in [5.41, 5.74) is 0. The molecule has 0 radical (unpaired) electrons. The molecule has 1 aliphatic rings. The summed E-state index contributed by atoms with van der Waals surface area (Å²) < 4.78 is 0. The third kappa shape index (κ3) is 4.16. The van der Waals surface area contributed by atoms with E-state index in [2.05, 4.69) is 0 Å². The summed E-state index contributed by atoms with van der Waals surface area (Å²) in [7, 11) is 0. The average Bonchev–Trinajstić information content (AvgIpc) is 2.52.